The predicted octanol–water partition coefficient (Wildman–Crippen LogP) is 1.41. The first-order valence-electron chi connectivity index (χ1n) is 5.47. The smallest absolute Gasteiger partial charge is 0.0664 e. The van der Waals surface area contributed by atoms with E-state index in [0.717, 1.165) is 19.4 Å². The molecule has 0 saturated carbocycles. The van der Waals surface area contributed by atoms with Crippen molar-refractivity contribution < 1.29 is 9.84 Å². The fourth-order valence-electron chi connectivity index (χ4n) is 1.14. The molecule has 0 aliphatic heterocycles. The molecule has 0 rings (SSSR count). The minimum absolute atomic E-state index is 0.0492. The minimum Gasteiger partial charge on any atom is -0.396 e. The van der Waals surface area contributed by atoms with Crippen LogP contribution in [-0.2, 0) is 4.74 Å². The summed E-state index contributed by atoms with van der Waals surface area (Å²) in [6, 6.07) is 0. The first-order chi connectivity index (χ1) is 6.58. The Morgan fingerprint density at radius 1 is 1.50 bits per heavy atom. The molecule has 0 spiro atoms. The lowest BCUT2D eigenvalue weighted by molar-refractivity contribution is -0.0590. The molecule has 0 fully saturated rings. The van der Waals surface area contributed by atoms with Crippen LogP contribution >= 0.6 is 0 Å². The fraction of sp³-hybridized carbons (Fsp3) is 1.00. The maximum Gasteiger partial charge on any atom is 0.0664 e. The van der Waals surface area contributed by atoms with Crippen LogP contribution in [0.3, 0.4) is 0 Å². The van der Waals surface area contributed by atoms with Crippen molar-refractivity contribution in [1.82, 2.24) is 5.32 Å². The zero-order valence-electron chi connectivity index (χ0n) is 9.97. The van der Waals surface area contributed by atoms with Gasteiger partial charge in [-0.25, -0.2) is 0 Å². The average molecular weight is 203 g/mol. The molecule has 0 radical (unpaired) electrons. The predicted molar refractivity (Wildman–Crippen MR) is 59.4 cm³/mol. The molecular formula is C11H25NO2. The summed E-state index contributed by atoms with van der Waals surface area (Å²) < 4.78 is 5.83. The van der Waals surface area contributed by atoms with E-state index in [1.54, 1.807) is 0 Å². The van der Waals surface area contributed by atoms with Crippen LogP contribution in [-0.4, -0.2) is 37.5 Å². The second kappa shape index (κ2) is 7.21. The quantitative estimate of drug-likeness (QED) is 0.627. The highest BCUT2D eigenvalue weighted by Crippen LogP contribution is 2.20. The van der Waals surface area contributed by atoms with Crippen LogP contribution in [0.4, 0.5) is 0 Å². The molecule has 2 N–H and O–H groups in total. The summed E-state index contributed by atoms with van der Waals surface area (Å²) in [5.41, 5.74) is -0.0492. The highest BCUT2D eigenvalue weighted by atomic mass is 16.5. The normalized spacial score (nSPS) is 17.8. The van der Waals surface area contributed by atoms with Gasteiger partial charge in [0.15, 0.2) is 0 Å². The monoisotopic (exact) mass is 203 g/mol. The molecule has 0 bridgehead atoms. The number of nitrogens with one attached hydrogen (secondary N) is 1. The Hall–Kier alpha value is -0.120. The van der Waals surface area contributed by atoms with E-state index >= 15 is 0 Å². The van der Waals surface area contributed by atoms with Gasteiger partial charge in [-0.3, -0.25) is 0 Å². The molecule has 14 heavy (non-hydrogen) atoms. The van der Waals surface area contributed by atoms with Gasteiger partial charge < -0.3 is 15.2 Å². The van der Waals surface area contributed by atoms with Gasteiger partial charge in [-0.15, -0.1) is 0 Å². The minimum atomic E-state index is -0.0492. The largest absolute Gasteiger partial charge is 0.396 e. The standard InChI is InChI=1S/C11H25NO2/c1-5-11(3,6-7-12-4)14-9-10(2)8-13/h10,12-13H,5-9H2,1-4H3. The molecule has 86 valence electrons. The first kappa shape index (κ1) is 13.9. The molecule has 3 heteroatoms. The number of aliphatic hydroxyl groups excluding tert-OH is 1. The van der Waals surface area contributed by atoms with Gasteiger partial charge in [0.2, 0.25) is 0 Å². The molecule has 0 aromatic carbocycles. The molecular weight excluding hydrogens is 178 g/mol. The van der Waals surface area contributed by atoms with Gasteiger partial charge in [0.25, 0.3) is 0 Å². The van der Waals surface area contributed by atoms with Crippen molar-refractivity contribution >= 4 is 0 Å². The van der Waals surface area contributed by atoms with Crippen LogP contribution in [0, 0.1) is 5.92 Å². The number of hydrogen-bond donors (Lipinski definition) is 2. The molecule has 0 aliphatic carbocycles. The van der Waals surface area contributed by atoms with Crippen molar-refractivity contribution in [2.45, 2.75) is 39.2 Å². The molecule has 2 atom stereocenters. The number of rotatable bonds is 8. The van der Waals surface area contributed by atoms with Gasteiger partial charge >= 0.3 is 0 Å². The SMILES string of the molecule is CCC(C)(CCNC)OCC(C)CO. The molecule has 0 aromatic rings. The Balaban J connectivity index is 3.85. The highest BCUT2D eigenvalue weighted by molar-refractivity contribution is 4.74. The van der Waals surface area contributed by atoms with Crippen LogP contribution in [0.15, 0.2) is 0 Å². The van der Waals surface area contributed by atoms with E-state index in [0.29, 0.717) is 6.61 Å². The zero-order chi connectivity index (χ0) is 11.0. The third-order valence-corrected chi connectivity index (χ3v) is 2.68. The van der Waals surface area contributed by atoms with E-state index in [2.05, 4.69) is 19.2 Å². The summed E-state index contributed by atoms with van der Waals surface area (Å²) in [6.07, 6.45) is 2.02. The first-order valence-corrected chi connectivity index (χ1v) is 5.47. The van der Waals surface area contributed by atoms with Crippen molar-refractivity contribution in [2.24, 2.45) is 5.92 Å². The van der Waals surface area contributed by atoms with E-state index in [1.165, 1.54) is 0 Å². The van der Waals surface area contributed by atoms with Crippen LogP contribution < -0.4 is 5.32 Å². The van der Waals surface area contributed by atoms with Crippen molar-refractivity contribution in [3.8, 4) is 0 Å². The third-order valence-electron chi connectivity index (χ3n) is 2.68. The molecule has 0 aliphatic rings. The average Bonchev–Trinajstić information content (AvgIpc) is 2.23. The van der Waals surface area contributed by atoms with Gasteiger partial charge in [-0.05, 0) is 33.4 Å². The summed E-state index contributed by atoms with van der Waals surface area (Å²) in [5, 5.41) is 12.0. The second-order valence-corrected chi connectivity index (χ2v) is 4.26. The number of aliphatic hydroxyl groups is 1. The van der Waals surface area contributed by atoms with Crippen molar-refractivity contribution in [3.05, 3.63) is 0 Å². The summed E-state index contributed by atoms with van der Waals surface area (Å²) in [4.78, 5) is 0. The van der Waals surface area contributed by atoms with Gasteiger partial charge in [-0.1, -0.05) is 13.8 Å². The van der Waals surface area contributed by atoms with Crippen LogP contribution in [0.25, 0.3) is 0 Å². The lowest BCUT2D eigenvalue weighted by Gasteiger charge is -2.30. The Bertz CT molecular complexity index is 141. The van der Waals surface area contributed by atoms with Gasteiger partial charge in [0.05, 0.1) is 12.2 Å². The van der Waals surface area contributed by atoms with Gasteiger partial charge in [0.1, 0.15) is 0 Å². The van der Waals surface area contributed by atoms with Crippen molar-refractivity contribution in [3.63, 3.8) is 0 Å². The Morgan fingerprint density at radius 2 is 2.14 bits per heavy atom. The van der Waals surface area contributed by atoms with E-state index in [9.17, 15) is 0 Å². The molecule has 0 saturated heterocycles. The maximum absolute atomic E-state index is 8.89. The summed E-state index contributed by atoms with van der Waals surface area (Å²) >= 11 is 0. The topological polar surface area (TPSA) is 41.5 Å². The van der Waals surface area contributed by atoms with Crippen LogP contribution in [0.1, 0.15) is 33.6 Å². The zero-order valence-corrected chi connectivity index (χ0v) is 9.97. The van der Waals surface area contributed by atoms with Gasteiger partial charge in [-0.2, -0.15) is 0 Å². The van der Waals surface area contributed by atoms with Gasteiger partial charge in [0, 0.05) is 12.5 Å². The van der Waals surface area contributed by atoms with Crippen LogP contribution in [0.2, 0.25) is 0 Å². The highest BCUT2D eigenvalue weighted by Gasteiger charge is 2.22. The van der Waals surface area contributed by atoms with E-state index in [-0.39, 0.29) is 18.1 Å². The van der Waals surface area contributed by atoms with Crippen LogP contribution in [0.5, 0.6) is 0 Å². The lowest BCUT2D eigenvalue weighted by atomic mass is 9.98. The van der Waals surface area contributed by atoms with Crippen molar-refractivity contribution in [1.29, 1.82) is 0 Å². The molecule has 3 nitrogen and oxygen atoms in total. The molecule has 0 aromatic heterocycles. The van der Waals surface area contributed by atoms with E-state index < -0.39 is 0 Å². The molecule has 2 unspecified atom stereocenters. The maximum atomic E-state index is 8.89. The fourth-order valence-corrected chi connectivity index (χ4v) is 1.14. The summed E-state index contributed by atoms with van der Waals surface area (Å²) in [5.74, 6) is 0.232. The Kier molecular flexibility index (Phi) is 7.15. The van der Waals surface area contributed by atoms with E-state index in [4.69, 9.17) is 9.84 Å². The summed E-state index contributed by atoms with van der Waals surface area (Å²) in [7, 11) is 1.95. The third kappa shape index (κ3) is 5.58. The molecule has 0 heterocycles. The second-order valence-electron chi connectivity index (χ2n) is 4.26. The Morgan fingerprint density at radius 3 is 2.57 bits per heavy atom. The van der Waals surface area contributed by atoms with Crippen molar-refractivity contribution in [2.75, 3.05) is 26.8 Å². The summed E-state index contributed by atoms with van der Waals surface area (Å²) in [6.45, 7) is 8.08. The Labute approximate surface area is 87.8 Å². The number of hydrogen-bond acceptors (Lipinski definition) is 3. The number of ether oxygens (including phenoxy) is 1. The lowest BCUT2D eigenvalue weighted by Crippen LogP contribution is -2.33. The molecule has 0 amide bonds. The van der Waals surface area contributed by atoms with E-state index in [1.807, 2.05) is 14.0 Å².